The minimum atomic E-state index is -0.574. The fourth-order valence-electron chi connectivity index (χ4n) is 4.40. The highest BCUT2D eigenvalue weighted by atomic mass is 16.5. The Kier molecular flexibility index (Phi) is 7.92. The maximum Gasteiger partial charge on any atom is 0.329 e. The third-order valence-electron chi connectivity index (χ3n) is 6.37. The van der Waals surface area contributed by atoms with Crippen molar-refractivity contribution in [3.05, 3.63) is 111 Å². The van der Waals surface area contributed by atoms with Gasteiger partial charge in [0, 0.05) is 23.7 Å². The summed E-state index contributed by atoms with van der Waals surface area (Å²) < 4.78 is 13.1. The molecule has 0 saturated heterocycles. The molecule has 1 amide bonds. The summed E-state index contributed by atoms with van der Waals surface area (Å²) in [4.78, 5) is 47.0. The molecular formula is C30H26N6O5. The van der Waals surface area contributed by atoms with Crippen LogP contribution >= 0.6 is 0 Å². The molecule has 5 rings (SSSR count). The van der Waals surface area contributed by atoms with Crippen molar-refractivity contribution in [1.82, 2.24) is 24.8 Å². The van der Waals surface area contributed by atoms with Gasteiger partial charge in [-0.25, -0.2) is 4.79 Å². The molecule has 0 aliphatic rings. The van der Waals surface area contributed by atoms with Crippen molar-refractivity contribution < 1.29 is 14.3 Å². The van der Waals surface area contributed by atoms with Gasteiger partial charge >= 0.3 is 5.69 Å². The zero-order valence-electron chi connectivity index (χ0n) is 22.1. The summed E-state index contributed by atoms with van der Waals surface area (Å²) in [7, 11) is 0. The second-order valence-electron chi connectivity index (χ2n) is 9.00. The van der Waals surface area contributed by atoms with Gasteiger partial charge in [-0.2, -0.15) is 5.26 Å². The number of ether oxygens (including phenoxy) is 2. The molecule has 5 aromatic rings. The molecule has 0 aliphatic heterocycles. The van der Waals surface area contributed by atoms with Gasteiger partial charge in [0.1, 0.15) is 12.1 Å². The molecule has 0 bridgehead atoms. The van der Waals surface area contributed by atoms with E-state index in [0.717, 1.165) is 0 Å². The number of pyridine rings is 1. The lowest BCUT2D eigenvalue weighted by Crippen LogP contribution is -2.30. The number of hydrogen-bond donors (Lipinski definition) is 3. The van der Waals surface area contributed by atoms with Crippen LogP contribution in [0.4, 0.5) is 0 Å². The first-order chi connectivity index (χ1) is 20.0. The van der Waals surface area contributed by atoms with Gasteiger partial charge in [-0.15, -0.1) is 0 Å². The Balaban J connectivity index is 1.39. The summed E-state index contributed by atoms with van der Waals surface area (Å²) in [6, 6.07) is 19.6. The third-order valence-corrected chi connectivity index (χ3v) is 6.37. The fraction of sp³-hybridized carbons (Fsp3) is 0.167. The normalized spacial score (nSPS) is 10.7. The highest BCUT2D eigenvalue weighted by molar-refractivity contribution is 5.93. The van der Waals surface area contributed by atoms with Crippen molar-refractivity contribution >= 4 is 16.9 Å². The van der Waals surface area contributed by atoms with E-state index >= 15 is 0 Å². The van der Waals surface area contributed by atoms with Gasteiger partial charge in [-0.3, -0.25) is 24.1 Å². The van der Waals surface area contributed by atoms with E-state index in [0.29, 0.717) is 51.6 Å². The average molecular weight is 551 g/mol. The number of nitrogens with zero attached hydrogens (tertiary/aromatic N) is 3. The van der Waals surface area contributed by atoms with Crippen molar-refractivity contribution in [2.45, 2.75) is 13.5 Å². The van der Waals surface area contributed by atoms with Crippen molar-refractivity contribution in [1.29, 1.82) is 5.26 Å². The topological polar surface area (TPSA) is 155 Å². The minimum Gasteiger partial charge on any atom is -0.490 e. The summed E-state index contributed by atoms with van der Waals surface area (Å²) in [5.41, 5.74) is 2.39. The van der Waals surface area contributed by atoms with E-state index in [4.69, 9.17) is 9.47 Å². The van der Waals surface area contributed by atoms with Crippen molar-refractivity contribution in [3.63, 3.8) is 0 Å². The van der Waals surface area contributed by atoms with E-state index in [1.165, 1.54) is 10.8 Å². The number of carbonyl (C=O) groups is 1. The lowest BCUT2D eigenvalue weighted by atomic mass is 10.1. The van der Waals surface area contributed by atoms with Crippen molar-refractivity contribution in [2.75, 3.05) is 19.8 Å². The SMILES string of the molecule is CCOc1cc(-c2cc3c([nH]2)c(=O)[nH]c(=O)n3Cc2ccccc2C#N)ccc1OCCNC(=O)c1cccnc1. The van der Waals surface area contributed by atoms with Crippen LogP contribution in [-0.4, -0.2) is 45.2 Å². The minimum absolute atomic E-state index is 0.113. The highest BCUT2D eigenvalue weighted by Gasteiger charge is 2.16. The average Bonchev–Trinajstić information content (AvgIpc) is 3.45. The Bertz CT molecular complexity index is 1870. The number of H-pyrrole nitrogens is 2. The molecule has 11 nitrogen and oxygen atoms in total. The number of nitriles is 1. The maximum atomic E-state index is 12.8. The largest absolute Gasteiger partial charge is 0.490 e. The molecule has 3 N–H and O–H groups in total. The maximum absolute atomic E-state index is 12.8. The zero-order chi connectivity index (χ0) is 28.8. The smallest absolute Gasteiger partial charge is 0.329 e. The fourth-order valence-corrected chi connectivity index (χ4v) is 4.40. The van der Waals surface area contributed by atoms with Crippen LogP contribution in [0.2, 0.25) is 0 Å². The number of fused-ring (bicyclic) bond motifs is 1. The molecule has 3 aromatic heterocycles. The van der Waals surface area contributed by atoms with E-state index in [9.17, 15) is 19.6 Å². The second kappa shape index (κ2) is 12.0. The third kappa shape index (κ3) is 5.86. The number of rotatable bonds is 10. The van der Waals surface area contributed by atoms with Crippen LogP contribution < -0.4 is 26.0 Å². The lowest BCUT2D eigenvalue weighted by molar-refractivity contribution is 0.0946. The summed E-state index contributed by atoms with van der Waals surface area (Å²) in [5.74, 6) is 0.729. The van der Waals surface area contributed by atoms with E-state index in [1.807, 2.05) is 6.92 Å². The van der Waals surface area contributed by atoms with E-state index in [-0.39, 0.29) is 31.1 Å². The Morgan fingerprint density at radius 3 is 2.68 bits per heavy atom. The monoisotopic (exact) mass is 550 g/mol. The summed E-state index contributed by atoms with van der Waals surface area (Å²) in [5, 5.41) is 12.2. The van der Waals surface area contributed by atoms with Crippen LogP contribution in [0.15, 0.2) is 82.6 Å². The Morgan fingerprint density at radius 2 is 1.90 bits per heavy atom. The number of aromatic nitrogens is 4. The van der Waals surface area contributed by atoms with Gasteiger partial charge in [0.15, 0.2) is 11.5 Å². The second-order valence-corrected chi connectivity index (χ2v) is 9.00. The molecule has 41 heavy (non-hydrogen) atoms. The molecule has 3 heterocycles. The summed E-state index contributed by atoms with van der Waals surface area (Å²) >= 11 is 0. The van der Waals surface area contributed by atoms with Crippen LogP contribution in [0.3, 0.4) is 0 Å². The first-order valence-electron chi connectivity index (χ1n) is 12.9. The van der Waals surface area contributed by atoms with Crippen LogP contribution in [0.1, 0.15) is 28.4 Å². The van der Waals surface area contributed by atoms with E-state index in [2.05, 4.69) is 26.3 Å². The van der Waals surface area contributed by atoms with Crippen LogP contribution in [0.25, 0.3) is 22.3 Å². The summed E-state index contributed by atoms with van der Waals surface area (Å²) in [6.07, 6.45) is 3.09. The van der Waals surface area contributed by atoms with Crippen LogP contribution in [0.5, 0.6) is 11.5 Å². The number of nitrogens with one attached hydrogen (secondary N) is 3. The molecule has 0 unspecified atom stereocenters. The summed E-state index contributed by atoms with van der Waals surface area (Å²) in [6.45, 7) is 2.84. The number of aromatic amines is 2. The number of hydrogen-bond acceptors (Lipinski definition) is 7. The first kappa shape index (κ1) is 27.0. The molecule has 0 saturated carbocycles. The van der Waals surface area contributed by atoms with Crippen molar-refractivity contribution in [2.24, 2.45) is 0 Å². The number of benzene rings is 2. The lowest BCUT2D eigenvalue weighted by Gasteiger charge is -2.13. The molecule has 0 atom stereocenters. The van der Waals surface area contributed by atoms with E-state index in [1.54, 1.807) is 66.9 Å². The van der Waals surface area contributed by atoms with Gasteiger partial charge in [-0.05, 0) is 55.0 Å². The molecule has 0 radical (unpaired) electrons. The number of amides is 1. The predicted molar refractivity (Wildman–Crippen MR) is 152 cm³/mol. The highest BCUT2D eigenvalue weighted by Crippen LogP contribution is 2.33. The van der Waals surface area contributed by atoms with Gasteiger partial charge in [0.2, 0.25) is 0 Å². The molecule has 0 spiro atoms. The number of carbonyl (C=O) groups excluding carboxylic acids is 1. The molecule has 11 heteroatoms. The van der Waals surface area contributed by atoms with Gasteiger partial charge in [-0.1, -0.05) is 18.2 Å². The first-order valence-corrected chi connectivity index (χ1v) is 12.9. The van der Waals surface area contributed by atoms with Crippen molar-refractivity contribution in [3.8, 4) is 28.8 Å². The quantitative estimate of drug-likeness (QED) is 0.226. The molecule has 0 aliphatic carbocycles. The zero-order valence-corrected chi connectivity index (χ0v) is 22.1. The Labute approximate surface area is 234 Å². The molecular weight excluding hydrogens is 524 g/mol. The predicted octanol–water partition coefficient (Wildman–Crippen LogP) is 3.21. The van der Waals surface area contributed by atoms with Crippen LogP contribution in [0, 0.1) is 11.3 Å². The van der Waals surface area contributed by atoms with Gasteiger partial charge < -0.3 is 19.8 Å². The Hall–Kier alpha value is -5.63. The van der Waals surface area contributed by atoms with E-state index < -0.39 is 11.2 Å². The molecule has 0 fully saturated rings. The van der Waals surface area contributed by atoms with Gasteiger partial charge in [0.05, 0.1) is 42.4 Å². The Morgan fingerprint density at radius 1 is 1.05 bits per heavy atom. The van der Waals surface area contributed by atoms with Crippen LogP contribution in [-0.2, 0) is 6.54 Å². The molecule has 2 aromatic carbocycles. The molecule has 206 valence electrons. The van der Waals surface area contributed by atoms with Gasteiger partial charge in [0.25, 0.3) is 11.5 Å². The standard InChI is InChI=1S/C30H26N6O5/c1-2-40-26-14-19(9-10-25(26)41-13-12-33-28(37)21-8-5-11-32-17-21)23-15-24-27(34-23)29(38)35-30(39)36(24)18-22-7-4-3-6-20(22)16-31/h3-11,14-15,17,34H,2,12-13,18H2,1H3,(H,33,37)(H,35,38,39).